The Kier molecular flexibility index (Phi) is 2.97. The second-order valence-electron chi connectivity index (χ2n) is 4.37. The summed E-state index contributed by atoms with van der Waals surface area (Å²) < 4.78 is 5.51. The molecule has 0 aromatic heterocycles. The fraction of sp³-hybridized carbons (Fsp3) is 0.462. The highest BCUT2D eigenvalue weighted by atomic mass is 16.6. The molecule has 16 heavy (non-hydrogen) atoms. The highest BCUT2D eigenvalue weighted by molar-refractivity contribution is 5.73. The van der Waals surface area contributed by atoms with Crippen LogP contribution in [0.2, 0.25) is 0 Å². The van der Waals surface area contributed by atoms with E-state index in [-0.39, 0.29) is 5.97 Å². The molecule has 1 aromatic carbocycles. The van der Waals surface area contributed by atoms with Crippen molar-refractivity contribution in [3.63, 3.8) is 0 Å². The number of rotatable bonds is 2. The molecule has 0 spiro atoms. The minimum Gasteiger partial charge on any atom is -0.452 e. The zero-order chi connectivity index (χ0) is 11.6. The Bertz CT molecular complexity index is 377. The van der Waals surface area contributed by atoms with Crippen molar-refractivity contribution in [3.8, 4) is 0 Å². The number of ether oxygens (including phenoxy) is 1. The molecule has 1 aromatic rings. The van der Waals surface area contributed by atoms with E-state index in [1.54, 1.807) is 0 Å². The van der Waals surface area contributed by atoms with Crippen LogP contribution < -0.4 is 0 Å². The number of benzene rings is 1. The molecule has 1 saturated heterocycles. The molecule has 1 atom stereocenters. The van der Waals surface area contributed by atoms with E-state index in [1.165, 1.54) is 0 Å². The summed E-state index contributed by atoms with van der Waals surface area (Å²) in [4.78, 5) is 13.7. The molecule has 0 radical (unpaired) electrons. The maximum Gasteiger partial charge on any atom is 0.321 e. The van der Waals surface area contributed by atoms with Crippen LogP contribution in [0.4, 0.5) is 0 Å². The molecule has 3 heteroatoms. The standard InChI is InChI=1S/C13H17NO2/c1-3-14-9-12(15)16-13(2,10-14)11-7-5-4-6-8-11/h4-8H,3,9-10H2,1-2H3. The summed E-state index contributed by atoms with van der Waals surface area (Å²) in [6.45, 7) is 6.07. The normalized spacial score (nSPS) is 26.5. The van der Waals surface area contributed by atoms with Crippen molar-refractivity contribution in [2.75, 3.05) is 19.6 Å². The molecule has 1 aliphatic heterocycles. The fourth-order valence-corrected chi connectivity index (χ4v) is 2.15. The summed E-state index contributed by atoms with van der Waals surface area (Å²) in [6, 6.07) is 9.92. The largest absolute Gasteiger partial charge is 0.452 e. The van der Waals surface area contributed by atoms with E-state index in [1.807, 2.05) is 37.3 Å². The van der Waals surface area contributed by atoms with E-state index in [2.05, 4.69) is 11.8 Å². The summed E-state index contributed by atoms with van der Waals surface area (Å²) in [6.07, 6.45) is 0. The summed E-state index contributed by atoms with van der Waals surface area (Å²) in [5.41, 5.74) is 0.550. The van der Waals surface area contributed by atoms with Crippen molar-refractivity contribution in [2.24, 2.45) is 0 Å². The Labute approximate surface area is 96.0 Å². The highest BCUT2D eigenvalue weighted by Gasteiger charge is 2.37. The Hall–Kier alpha value is -1.35. The number of carbonyl (C=O) groups is 1. The Morgan fingerprint density at radius 1 is 1.38 bits per heavy atom. The zero-order valence-electron chi connectivity index (χ0n) is 9.77. The number of esters is 1. The molecule has 0 saturated carbocycles. The van der Waals surface area contributed by atoms with Crippen LogP contribution in [-0.2, 0) is 15.1 Å². The Balaban J connectivity index is 2.27. The molecular weight excluding hydrogens is 202 g/mol. The number of cyclic esters (lactones) is 1. The smallest absolute Gasteiger partial charge is 0.321 e. The van der Waals surface area contributed by atoms with Crippen LogP contribution in [0.3, 0.4) is 0 Å². The molecule has 1 unspecified atom stereocenters. The van der Waals surface area contributed by atoms with Crippen LogP contribution in [0.1, 0.15) is 19.4 Å². The van der Waals surface area contributed by atoms with Gasteiger partial charge in [-0.3, -0.25) is 9.69 Å². The lowest BCUT2D eigenvalue weighted by molar-refractivity contribution is -0.173. The lowest BCUT2D eigenvalue weighted by Gasteiger charge is -2.39. The maximum absolute atomic E-state index is 11.6. The molecule has 2 rings (SSSR count). The number of carbonyl (C=O) groups excluding carboxylic acids is 1. The van der Waals surface area contributed by atoms with Crippen molar-refractivity contribution in [3.05, 3.63) is 35.9 Å². The molecule has 1 aliphatic rings. The van der Waals surface area contributed by atoms with Crippen LogP contribution in [0.15, 0.2) is 30.3 Å². The highest BCUT2D eigenvalue weighted by Crippen LogP contribution is 2.29. The van der Waals surface area contributed by atoms with Gasteiger partial charge in [0, 0.05) is 6.54 Å². The summed E-state index contributed by atoms with van der Waals surface area (Å²) in [5, 5.41) is 0. The van der Waals surface area contributed by atoms with Gasteiger partial charge in [-0.2, -0.15) is 0 Å². The molecule has 1 fully saturated rings. The third kappa shape index (κ3) is 2.09. The molecule has 0 amide bonds. The second kappa shape index (κ2) is 4.26. The third-order valence-electron chi connectivity index (χ3n) is 3.05. The maximum atomic E-state index is 11.6. The van der Waals surface area contributed by atoms with Crippen LogP contribution in [0, 0.1) is 0 Å². The van der Waals surface area contributed by atoms with Gasteiger partial charge in [0.15, 0.2) is 0 Å². The van der Waals surface area contributed by atoms with Crippen LogP contribution in [0.5, 0.6) is 0 Å². The predicted molar refractivity (Wildman–Crippen MR) is 62.0 cm³/mol. The number of nitrogens with zero attached hydrogens (tertiary/aromatic N) is 1. The van der Waals surface area contributed by atoms with E-state index in [0.29, 0.717) is 6.54 Å². The Morgan fingerprint density at radius 3 is 2.69 bits per heavy atom. The fourth-order valence-electron chi connectivity index (χ4n) is 2.15. The molecule has 3 nitrogen and oxygen atoms in total. The van der Waals surface area contributed by atoms with Crippen LogP contribution in [0.25, 0.3) is 0 Å². The van der Waals surface area contributed by atoms with Gasteiger partial charge in [-0.25, -0.2) is 0 Å². The molecule has 0 aliphatic carbocycles. The van der Waals surface area contributed by atoms with Gasteiger partial charge < -0.3 is 4.74 Å². The van der Waals surface area contributed by atoms with Crippen molar-refractivity contribution < 1.29 is 9.53 Å². The predicted octanol–water partition coefficient (Wildman–Crippen LogP) is 1.78. The zero-order valence-corrected chi connectivity index (χ0v) is 9.77. The van der Waals surface area contributed by atoms with Gasteiger partial charge in [0.1, 0.15) is 5.60 Å². The van der Waals surface area contributed by atoms with Gasteiger partial charge in [0.05, 0.1) is 6.54 Å². The number of morpholine rings is 1. The first-order valence-corrected chi connectivity index (χ1v) is 5.64. The quantitative estimate of drug-likeness (QED) is 0.710. The first-order chi connectivity index (χ1) is 7.64. The van der Waals surface area contributed by atoms with E-state index >= 15 is 0 Å². The minimum absolute atomic E-state index is 0.139. The van der Waals surface area contributed by atoms with Crippen molar-refractivity contribution in [1.29, 1.82) is 0 Å². The lowest BCUT2D eigenvalue weighted by atomic mass is 9.94. The summed E-state index contributed by atoms with van der Waals surface area (Å²) in [7, 11) is 0. The van der Waals surface area contributed by atoms with Crippen molar-refractivity contribution in [2.45, 2.75) is 19.4 Å². The van der Waals surface area contributed by atoms with Gasteiger partial charge in [0.25, 0.3) is 0 Å². The monoisotopic (exact) mass is 219 g/mol. The average molecular weight is 219 g/mol. The number of likely N-dealkylation sites (N-methyl/N-ethyl adjacent to an activating group) is 1. The first-order valence-electron chi connectivity index (χ1n) is 5.64. The topological polar surface area (TPSA) is 29.5 Å². The lowest BCUT2D eigenvalue weighted by Crippen LogP contribution is -2.50. The van der Waals surface area contributed by atoms with Crippen molar-refractivity contribution >= 4 is 5.97 Å². The van der Waals surface area contributed by atoms with Crippen LogP contribution >= 0.6 is 0 Å². The molecule has 0 N–H and O–H groups in total. The minimum atomic E-state index is -0.507. The Morgan fingerprint density at radius 2 is 2.06 bits per heavy atom. The molecule has 86 valence electrons. The number of hydrogen-bond acceptors (Lipinski definition) is 3. The third-order valence-corrected chi connectivity index (χ3v) is 3.05. The average Bonchev–Trinajstić information content (AvgIpc) is 2.29. The van der Waals surface area contributed by atoms with Crippen molar-refractivity contribution in [1.82, 2.24) is 4.90 Å². The van der Waals surface area contributed by atoms with Gasteiger partial charge in [-0.05, 0) is 19.0 Å². The van der Waals surface area contributed by atoms with E-state index < -0.39 is 5.60 Å². The van der Waals surface area contributed by atoms with Gasteiger partial charge in [-0.1, -0.05) is 37.3 Å². The van der Waals surface area contributed by atoms with E-state index in [0.717, 1.165) is 18.7 Å². The van der Waals surface area contributed by atoms with Gasteiger partial charge in [0.2, 0.25) is 0 Å². The summed E-state index contributed by atoms with van der Waals surface area (Å²) in [5.74, 6) is -0.139. The second-order valence-corrected chi connectivity index (χ2v) is 4.37. The van der Waals surface area contributed by atoms with Gasteiger partial charge >= 0.3 is 5.97 Å². The first kappa shape index (κ1) is 11.1. The van der Waals surface area contributed by atoms with Crippen LogP contribution in [-0.4, -0.2) is 30.5 Å². The molecule has 1 heterocycles. The molecule has 0 bridgehead atoms. The SMILES string of the molecule is CCN1CC(=O)OC(C)(c2ccccc2)C1. The van der Waals surface area contributed by atoms with E-state index in [4.69, 9.17) is 4.74 Å². The molecular formula is C13H17NO2. The van der Waals surface area contributed by atoms with Gasteiger partial charge in [-0.15, -0.1) is 0 Å². The number of hydrogen-bond donors (Lipinski definition) is 0. The van der Waals surface area contributed by atoms with E-state index in [9.17, 15) is 4.79 Å². The summed E-state index contributed by atoms with van der Waals surface area (Å²) >= 11 is 0.